The van der Waals surface area contributed by atoms with E-state index in [1.54, 1.807) is 0 Å². The Bertz CT molecular complexity index is 435. The Kier molecular flexibility index (Phi) is 2.31. The fraction of sp³-hybridized carbons (Fsp3) is 0.667. The Morgan fingerprint density at radius 2 is 2.11 bits per heavy atom. The van der Waals surface area contributed by atoms with Crippen LogP contribution in [0.1, 0.15) is 26.7 Å². The molecule has 0 aromatic rings. The molecular weight excluding hydrogens is 228 g/mol. The second-order valence-electron chi connectivity index (χ2n) is 6.38. The molecule has 0 bridgehead atoms. The zero-order chi connectivity index (χ0) is 13.1. The predicted molar refractivity (Wildman–Crippen MR) is 67.9 cm³/mol. The highest BCUT2D eigenvalue weighted by Crippen LogP contribution is 2.57. The summed E-state index contributed by atoms with van der Waals surface area (Å²) in [4.78, 5) is 11.6. The smallest absolute Gasteiger partial charge is 0.334 e. The van der Waals surface area contributed by atoms with Crippen LogP contribution in [0.15, 0.2) is 24.8 Å². The predicted octanol–water partition coefficient (Wildman–Crippen LogP) is 2.48. The molecule has 98 valence electrons. The molecule has 1 saturated carbocycles. The number of hydrogen-bond acceptors (Lipinski definition) is 3. The molecule has 18 heavy (non-hydrogen) atoms. The van der Waals surface area contributed by atoms with Crippen molar-refractivity contribution in [3.05, 3.63) is 24.8 Å². The van der Waals surface area contributed by atoms with Gasteiger partial charge in [0.1, 0.15) is 6.10 Å². The molecule has 0 spiro atoms. The first-order valence-corrected chi connectivity index (χ1v) is 6.57. The first-order valence-electron chi connectivity index (χ1n) is 6.57. The van der Waals surface area contributed by atoms with Crippen LogP contribution in [0.2, 0.25) is 0 Å². The molecule has 3 rings (SSSR count). The lowest BCUT2D eigenvalue weighted by Crippen LogP contribution is -2.45. The van der Waals surface area contributed by atoms with Crippen LogP contribution in [0, 0.1) is 17.3 Å². The fourth-order valence-electron chi connectivity index (χ4n) is 3.74. The number of rotatable bonds is 2. The van der Waals surface area contributed by atoms with Gasteiger partial charge in [0.15, 0.2) is 0 Å². The second-order valence-corrected chi connectivity index (χ2v) is 6.38. The Balaban J connectivity index is 1.93. The standard InChI is InChI=1S/C15H20O3/c1-5-14(3)7-11-10(9(2)13(16)18-11)6-12(14)15(4)8-17-15/h5,10-12H,1-2,6-8H2,3-4H3/t10-,11-,12-,14-,15-/m1/s1. The van der Waals surface area contributed by atoms with Gasteiger partial charge in [-0.2, -0.15) is 0 Å². The first kappa shape index (κ1) is 12.0. The molecule has 2 heterocycles. The van der Waals surface area contributed by atoms with Gasteiger partial charge in [0, 0.05) is 11.5 Å². The lowest BCUT2D eigenvalue weighted by atomic mass is 9.59. The maximum atomic E-state index is 11.6. The topological polar surface area (TPSA) is 38.8 Å². The summed E-state index contributed by atoms with van der Waals surface area (Å²) in [5, 5.41) is 0. The number of esters is 1. The number of hydrogen-bond donors (Lipinski definition) is 0. The SMILES string of the molecule is C=C[C@]1(C)C[C@H]2OC(=O)C(=C)[C@H]2C[C@H]1[C@@]1(C)CO1. The molecule has 1 aliphatic carbocycles. The fourth-order valence-corrected chi connectivity index (χ4v) is 3.74. The molecule has 5 atom stereocenters. The van der Waals surface area contributed by atoms with Gasteiger partial charge in [-0.3, -0.25) is 0 Å². The van der Waals surface area contributed by atoms with Crippen molar-refractivity contribution < 1.29 is 14.3 Å². The highest BCUT2D eigenvalue weighted by molar-refractivity contribution is 5.90. The third-order valence-corrected chi connectivity index (χ3v) is 5.15. The molecule has 3 heteroatoms. The summed E-state index contributed by atoms with van der Waals surface area (Å²) >= 11 is 0. The Labute approximate surface area is 108 Å². The zero-order valence-corrected chi connectivity index (χ0v) is 11.1. The first-order chi connectivity index (χ1) is 8.39. The van der Waals surface area contributed by atoms with Crippen molar-refractivity contribution in [1.82, 2.24) is 0 Å². The molecule has 0 aromatic heterocycles. The largest absolute Gasteiger partial charge is 0.458 e. The van der Waals surface area contributed by atoms with Gasteiger partial charge in [0.25, 0.3) is 0 Å². The number of epoxide rings is 1. The van der Waals surface area contributed by atoms with E-state index in [1.807, 2.05) is 6.08 Å². The minimum Gasteiger partial charge on any atom is -0.458 e. The molecule has 3 nitrogen and oxygen atoms in total. The summed E-state index contributed by atoms with van der Waals surface area (Å²) in [6.45, 7) is 13.0. The molecule has 3 fully saturated rings. The third kappa shape index (κ3) is 1.50. The van der Waals surface area contributed by atoms with Crippen LogP contribution < -0.4 is 0 Å². The van der Waals surface area contributed by atoms with Crippen molar-refractivity contribution in [2.24, 2.45) is 17.3 Å². The van der Waals surface area contributed by atoms with Gasteiger partial charge >= 0.3 is 5.97 Å². The van der Waals surface area contributed by atoms with E-state index >= 15 is 0 Å². The van der Waals surface area contributed by atoms with Gasteiger partial charge in [-0.05, 0) is 31.1 Å². The van der Waals surface area contributed by atoms with Crippen LogP contribution in [-0.2, 0) is 14.3 Å². The summed E-state index contributed by atoms with van der Waals surface area (Å²) in [6.07, 6.45) is 3.73. The van der Waals surface area contributed by atoms with Crippen molar-refractivity contribution >= 4 is 5.97 Å². The van der Waals surface area contributed by atoms with Crippen LogP contribution in [0.4, 0.5) is 0 Å². The molecular formula is C15H20O3. The molecule has 0 amide bonds. The zero-order valence-electron chi connectivity index (χ0n) is 11.1. The van der Waals surface area contributed by atoms with Crippen molar-refractivity contribution in [2.45, 2.75) is 38.4 Å². The second kappa shape index (κ2) is 3.47. The van der Waals surface area contributed by atoms with E-state index in [0.717, 1.165) is 19.4 Å². The molecule has 0 N–H and O–H groups in total. The Hall–Kier alpha value is -1.09. The lowest BCUT2D eigenvalue weighted by molar-refractivity contribution is -0.141. The summed E-state index contributed by atoms with van der Waals surface area (Å²) in [5.74, 6) is 0.325. The third-order valence-electron chi connectivity index (χ3n) is 5.15. The minimum atomic E-state index is -0.223. The molecule has 0 unspecified atom stereocenters. The van der Waals surface area contributed by atoms with Crippen LogP contribution in [0.25, 0.3) is 0 Å². The van der Waals surface area contributed by atoms with Crippen molar-refractivity contribution in [3.8, 4) is 0 Å². The van der Waals surface area contributed by atoms with Crippen molar-refractivity contribution in [3.63, 3.8) is 0 Å². The Morgan fingerprint density at radius 1 is 1.44 bits per heavy atom. The average molecular weight is 248 g/mol. The van der Waals surface area contributed by atoms with Gasteiger partial charge < -0.3 is 9.47 Å². The summed E-state index contributed by atoms with van der Waals surface area (Å²) in [6, 6.07) is 0. The summed E-state index contributed by atoms with van der Waals surface area (Å²) in [7, 11) is 0. The van der Waals surface area contributed by atoms with Gasteiger partial charge in [-0.25, -0.2) is 4.79 Å². The van der Waals surface area contributed by atoms with Crippen molar-refractivity contribution in [2.75, 3.05) is 6.61 Å². The number of carbonyl (C=O) groups is 1. The number of fused-ring (bicyclic) bond motifs is 1. The lowest BCUT2D eigenvalue weighted by Gasteiger charge is -2.45. The minimum absolute atomic E-state index is 0.0217. The highest BCUT2D eigenvalue weighted by atomic mass is 16.6. The van der Waals surface area contributed by atoms with E-state index in [9.17, 15) is 4.79 Å². The van der Waals surface area contributed by atoms with Gasteiger partial charge in [-0.1, -0.05) is 19.6 Å². The average Bonchev–Trinajstić information content (AvgIpc) is 3.01. The van der Waals surface area contributed by atoms with E-state index in [2.05, 4.69) is 27.0 Å². The van der Waals surface area contributed by atoms with Crippen LogP contribution in [0.3, 0.4) is 0 Å². The maximum Gasteiger partial charge on any atom is 0.334 e. The summed E-state index contributed by atoms with van der Waals surface area (Å²) < 4.78 is 11.1. The van der Waals surface area contributed by atoms with Crippen LogP contribution >= 0.6 is 0 Å². The van der Waals surface area contributed by atoms with E-state index in [-0.39, 0.29) is 29.0 Å². The molecule has 0 aromatic carbocycles. The molecule has 0 radical (unpaired) electrons. The molecule has 3 aliphatic rings. The van der Waals surface area contributed by atoms with Crippen LogP contribution in [-0.4, -0.2) is 24.3 Å². The Morgan fingerprint density at radius 3 is 2.67 bits per heavy atom. The van der Waals surface area contributed by atoms with Crippen LogP contribution in [0.5, 0.6) is 0 Å². The van der Waals surface area contributed by atoms with E-state index in [1.165, 1.54) is 0 Å². The van der Waals surface area contributed by atoms with Crippen molar-refractivity contribution in [1.29, 1.82) is 0 Å². The number of allylic oxidation sites excluding steroid dienone is 1. The van der Waals surface area contributed by atoms with Gasteiger partial charge in [0.2, 0.25) is 0 Å². The van der Waals surface area contributed by atoms with Gasteiger partial charge in [-0.15, -0.1) is 6.58 Å². The number of carbonyl (C=O) groups excluding carboxylic acids is 1. The molecule has 2 saturated heterocycles. The quantitative estimate of drug-likeness (QED) is 0.326. The maximum absolute atomic E-state index is 11.6. The normalized spacial score (nSPS) is 50.7. The van der Waals surface area contributed by atoms with Gasteiger partial charge in [0.05, 0.1) is 12.2 Å². The highest BCUT2D eigenvalue weighted by Gasteiger charge is 2.59. The monoisotopic (exact) mass is 248 g/mol. The van der Waals surface area contributed by atoms with E-state index < -0.39 is 0 Å². The van der Waals surface area contributed by atoms with E-state index in [4.69, 9.17) is 9.47 Å². The number of ether oxygens (including phenoxy) is 2. The molecule has 2 aliphatic heterocycles. The summed E-state index contributed by atoms with van der Waals surface area (Å²) in [5.41, 5.74) is 0.553. The van der Waals surface area contributed by atoms with E-state index in [0.29, 0.717) is 11.5 Å².